The Balaban J connectivity index is 1.39. The molecule has 3 heterocycles. The Morgan fingerprint density at radius 3 is 2.18 bits per heavy atom. The molecule has 200 valence electrons. The van der Waals surface area contributed by atoms with E-state index >= 15 is 0 Å². The zero-order valence-corrected chi connectivity index (χ0v) is 22.3. The lowest BCUT2D eigenvalue weighted by molar-refractivity contribution is 0.122. The van der Waals surface area contributed by atoms with Crippen LogP contribution in [0.5, 0.6) is 0 Å². The number of benzene rings is 2. The second kappa shape index (κ2) is 12.3. The number of likely N-dealkylation sites (N-methyl/N-ethyl adjacent to an activating group) is 1. The molecule has 2 aliphatic heterocycles. The van der Waals surface area contributed by atoms with Gasteiger partial charge >= 0.3 is 6.03 Å². The molecule has 0 unspecified atom stereocenters. The van der Waals surface area contributed by atoms with Gasteiger partial charge in [-0.05, 0) is 49.9 Å². The summed E-state index contributed by atoms with van der Waals surface area (Å²) in [5, 5.41) is 5.74. The SMILES string of the molecule is CCc1c(CN2CCN(C)CC2)nc(-c2ccc(NC(=O)Nc3ccccc3)cc2)nc1N1CCOCC1. The Labute approximate surface area is 224 Å². The lowest BCUT2D eigenvalue weighted by Crippen LogP contribution is -2.44. The average molecular weight is 516 g/mol. The number of aromatic nitrogens is 2. The van der Waals surface area contributed by atoms with Crippen molar-refractivity contribution in [3.63, 3.8) is 0 Å². The number of carbonyl (C=O) groups excluding carboxylic acids is 1. The van der Waals surface area contributed by atoms with Gasteiger partial charge in [-0.15, -0.1) is 0 Å². The van der Waals surface area contributed by atoms with E-state index in [1.54, 1.807) is 0 Å². The van der Waals surface area contributed by atoms with E-state index in [2.05, 4.69) is 39.3 Å². The molecule has 9 nitrogen and oxygen atoms in total. The van der Waals surface area contributed by atoms with Crippen LogP contribution < -0.4 is 15.5 Å². The molecule has 0 aliphatic carbocycles. The highest BCUT2D eigenvalue weighted by molar-refractivity contribution is 5.99. The van der Waals surface area contributed by atoms with Crippen molar-refractivity contribution < 1.29 is 9.53 Å². The normalized spacial score (nSPS) is 16.8. The quantitative estimate of drug-likeness (QED) is 0.493. The van der Waals surface area contributed by atoms with E-state index in [9.17, 15) is 4.79 Å². The summed E-state index contributed by atoms with van der Waals surface area (Å²) in [6, 6.07) is 16.8. The smallest absolute Gasteiger partial charge is 0.323 e. The minimum Gasteiger partial charge on any atom is -0.378 e. The van der Waals surface area contributed by atoms with Gasteiger partial charge < -0.3 is 25.2 Å². The molecule has 2 N–H and O–H groups in total. The Hall–Kier alpha value is -3.53. The van der Waals surface area contributed by atoms with Crippen molar-refractivity contribution in [3.05, 3.63) is 65.9 Å². The third kappa shape index (κ3) is 6.48. The Kier molecular flexibility index (Phi) is 8.47. The minimum absolute atomic E-state index is 0.281. The molecule has 0 radical (unpaired) electrons. The fourth-order valence-corrected chi connectivity index (χ4v) is 4.91. The molecular weight excluding hydrogens is 478 g/mol. The topological polar surface area (TPSA) is 85.9 Å². The van der Waals surface area contributed by atoms with E-state index < -0.39 is 0 Å². The number of nitrogens with one attached hydrogen (secondary N) is 2. The number of morpholine rings is 1. The minimum atomic E-state index is -0.281. The summed E-state index contributed by atoms with van der Waals surface area (Å²) < 4.78 is 5.62. The van der Waals surface area contributed by atoms with Crippen molar-refractivity contribution in [2.24, 2.45) is 0 Å². The third-order valence-corrected chi connectivity index (χ3v) is 7.14. The van der Waals surface area contributed by atoms with Gasteiger partial charge in [0.15, 0.2) is 5.82 Å². The standard InChI is InChI=1S/C29H37N7O2/c1-3-25-26(21-35-15-13-34(2)14-16-35)32-27(33-28(25)36-17-19-38-20-18-36)22-9-11-24(12-10-22)31-29(37)30-23-7-5-4-6-8-23/h4-12H,3,13-21H2,1-2H3,(H2,30,31,37). The number of carbonyl (C=O) groups is 1. The van der Waals surface area contributed by atoms with Crippen molar-refractivity contribution >= 4 is 23.2 Å². The number of piperazine rings is 1. The first-order valence-electron chi connectivity index (χ1n) is 13.5. The number of rotatable bonds is 7. The molecule has 0 bridgehead atoms. The number of nitrogens with zero attached hydrogens (tertiary/aromatic N) is 5. The molecule has 0 spiro atoms. The molecule has 1 aromatic heterocycles. The van der Waals surface area contributed by atoms with Crippen LogP contribution in [0.3, 0.4) is 0 Å². The van der Waals surface area contributed by atoms with Crippen molar-refractivity contribution in [1.82, 2.24) is 19.8 Å². The largest absolute Gasteiger partial charge is 0.378 e. The highest BCUT2D eigenvalue weighted by Crippen LogP contribution is 2.28. The van der Waals surface area contributed by atoms with Crippen LogP contribution in [0.4, 0.5) is 22.0 Å². The molecule has 0 atom stereocenters. The van der Waals surface area contributed by atoms with Crippen molar-refractivity contribution in [2.45, 2.75) is 19.9 Å². The lowest BCUT2D eigenvalue weighted by atomic mass is 10.1. The summed E-state index contributed by atoms with van der Waals surface area (Å²) in [5.41, 5.74) is 4.71. The second-order valence-electron chi connectivity index (χ2n) is 9.85. The zero-order chi connectivity index (χ0) is 26.3. The molecule has 2 fully saturated rings. The van der Waals surface area contributed by atoms with Crippen LogP contribution in [-0.4, -0.2) is 85.3 Å². The first kappa shape index (κ1) is 26.1. The molecule has 2 amide bonds. The van der Waals surface area contributed by atoms with Crippen LogP contribution in [-0.2, 0) is 17.7 Å². The number of amides is 2. The van der Waals surface area contributed by atoms with Gasteiger partial charge in [0.25, 0.3) is 0 Å². The second-order valence-corrected chi connectivity index (χ2v) is 9.85. The highest BCUT2D eigenvalue weighted by atomic mass is 16.5. The van der Waals surface area contributed by atoms with Gasteiger partial charge in [-0.25, -0.2) is 14.8 Å². The fraction of sp³-hybridized carbons (Fsp3) is 0.414. The van der Waals surface area contributed by atoms with Crippen LogP contribution in [0.15, 0.2) is 54.6 Å². The molecular formula is C29H37N7O2. The first-order chi connectivity index (χ1) is 18.6. The highest BCUT2D eigenvalue weighted by Gasteiger charge is 2.23. The van der Waals surface area contributed by atoms with Crippen LogP contribution in [0.1, 0.15) is 18.2 Å². The van der Waals surface area contributed by atoms with Crippen molar-refractivity contribution in [1.29, 1.82) is 0 Å². The number of anilines is 3. The molecule has 2 aliphatic rings. The van der Waals surface area contributed by atoms with E-state index in [0.29, 0.717) is 24.7 Å². The Morgan fingerprint density at radius 1 is 0.868 bits per heavy atom. The number of ether oxygens (including phenoxy) is 1. The van der Waals surface area contributed by atoms with Crippen LogP contribution >= 0.6 is 0 Å². The van der Waals surface area contributed by atoms with Gasteiger partial charge in [0, 0.05) is 68.3 Å². The maximum Gasteiger partial charge on any atom is 0.323 e. The van der Waals surface area contributed by atoms with Crippen molar-refractivity contribution in [3.8, 4) is 11.4 Å². The zero-order valence-electron chi connectivity index (χ0n) is 22.3. The predicted molar refractivity (Wildman–Crippen MR) is 152 cm³/mol. The predicted octanol–water partition coefficient (Wildman–Crippen LogP) is 3.93. The summed E-state index contributed by atoms with van der Waals surface area (Å²) in [4.78, 5) is 29.8. The maximum atomic E-state index is 12.4. The molecule has 2 aromatic carbocycles. The maximum absolute atomic E-state index is 12.4. The Bertz CT molecular complexity index is 1210. The summed E-state index contributed by atoms with van der Waals surface area (Å²) in [7, 11) is 2.18. The van der Waals surface area contributed by atoms with Gasteiger partial charge in [0.1, 0.15) is 5.82 Å². The van der Waals surface area contributed by atoms with Gasteiger partial charge in [0.2, 0.25) is 0 Å². The van der Waals surface area contributed by atoms with Gasteiger partial charge in [-0.3, -0.25) is 4.90 Å². The summed E-state index contributed by atoms with van der Waals surface area (Å²) in [6.07, 6.45) is 0.884. The van der Waals surface area contributed by atoms with E-state index in [1.807, 2.05) is 54.6 Å². The summed E-state index contributed by atoms with van der Waals surface area (Å²) in [6.45, 7) is 10.3. The summed E-state index contributed by atoms with van der Waals surface area (Å²) >= 11 is 0. The fourth-order valence-electron chi connectivity index (χ4n) is 4.91. The van der Waals surface area contributed by atoms with Gasteiger partial charge in [-0.2, -0.15) is 0 Å². The van der Waals surface area contributed by atoms with E-state index in [4.69, 9.17) is 14.7 Å². The number of hydrogen-bond acceptors (Lipinski definition) is 7. The van der Waals surface area contributed by atoms with Crippen LogP contribution in [0.25, 0.3) is 11.4 Å². The van der Waals surface area contributed by atoms with Crippen LogP contribution in [0, 0.1) is 0 Å². The molecule has 5 rings (SSSR count). The van der Waals surface area contributed by atoms with E-state index in [-0.39, 0.29) is 6.03 Å². The number of urea groups is 1. The molecule has 3 aromatic rings. The van der Waals surface area contributed by atoms with E-state index in [1.165, 1.54) is 5.56 Å². The van der Waals surface area contributed by atoms with Crippen LogP contribution in [0.2, 0.25) is 0 Å². The first-order valence-corrected chi connectivity index (χ1v) is 13.5. The summed E-state index contributed by atoms with van der Waals surface area (Å²) in [5.74, 6) is 1.74. The third-order valence-electron chi connectivity index (χ3n) is 7.14. The van der Waals surface area contributed by atoms with Gasteiger partial charge in [-0.1, -0.05) is 25.1 Å². The van der Waals surface area contributed by atoms with Gasteiger partial charge in [0.05, 0.1) is 18.9 Å². The molecule has 38 heavy (non-hydrogen) atoms. The monoisotopic (exact) mass is 515 g/mol. The molecule has 2 saturated heterocycles. The number of hydrogen-bond donors (Lipinski definition) is 2. The molecule has 0 saturated carbocycles. The van der Waals surface area contributed by atoms with Crippen molar-refractivity contribution in [2.75, 3.05) is 75.1 Å². The van der Waals surface area contributed by atoms with E-state index in [0.717, 1.165) is 75.0 Å². The number of para-hydroxylation sites is 1. The average Bonchev–Trinajstić information content (AvgIpc) is 2.95. The molecule has 9 heteroatoms. The Morgan fingerprint density at radius 2 is 1.53 bits per heavy atom. The lowest BCUT2D eigenvalue weighted by Gasteiger charge is -2.34.